The summed E-state index contributed by atoms with van der Waals surface area (Å²) in [5.74, 6) is -0.0644. The van der Waals surface area contributed by atoms with E-state index >= 15 is 0 Å². The maximum Gasteiger partial charge on any atom is 0.180 e. The van der Waals surface area contributed by atoms with Gasteiger partial charge in [-0.2, -0.15) is 0 Å². The van der Waals surface area contributed by atoms with Crippen molar-refractivity contribution in [1.82, 2.24) is 4.90 Å². The molecule has 3 nitrogen and oxygen atoms in total. The third-order valence-electron chi connectivity index (χ3n) is 4.81. The quantitative estimate of drug-likeness (QED) is 0.628. The molecule has 0 saturated carbocycles. The van der Waals surface area contributed by atoms with E-state index in [1.807, 2.05) is 0 Å². The van der Waals surface area contributed by atoms with Crippen LogP contribution < -0.4 is 0 Å². The molecule has 1 aliphatic rings. The lowest BCUT2D eigenvalue weighted by Gasteiger charge is -2.33. The fourth-order valence-corrected chi connectivity index (χ4v) is 3.61. The number of Topliss-reactive ketones (excluding diaryl/α,β-unsaturated/α-hetero) is 2. The predicted molar refractivity (Wildman–Crippen MR) is 105 cm³/mol. The predicted octanol–water partition coefficient (Wildman–Crippen LogP) is 5.30. The fourth-order valence-electron chi connectivity index (χ4n) is 3.35. The molecule has 1 atom stereocenters. The van der Waals surface area contributed by atoms with Crippen molar-refractivity contribution in [3.05, 3.63) is 69.7 Å². The summed E-state index contributed by atoms with van der Waals surface area (Å²) in [6, 6.07) is 13.3. The second-order valence-corrected chi connectivity index (χ2v) is 7.49. The standard InChI is InChI=1S/C21H21Cl2NO2/c22-17-8-4-15(5-9-17)20(25)14-19(24-12-2-1-3-13-24)21(26)16-6-10-18(23)11-7-16/h4-11,19H,1-3,12-14H2/t19-/m0/s1. The molecule has 0 aliphatic carbocycles. The molecule has 1 aliphatic heterocycles. The molecule has 2 aromatic rings. The topological polar surface area (TPSA) is 37.4 Å². The van der Waals surface area contributed by atoms with Crippen molar-refractivity contribution >= 4 is 34.8 Å². The molecule has 5 heteroatoms. The van der Waals surface area contributed by atoms with E-state index in [0.29, 0.717) is 21.2 Å². The van der Waals surface area contributed by atoms with E-state index < -0.39 is 6.04 Å². The van der Waals surface area contributed by atoms with E-state index in [1.54, 1.807) is 48.5 Å². The molecule has 0 bridgehead atoms. The Balaban J connectivity index is 1.82. The number of likely N-dealkylation sites (tertiary alicyclic amines) is 1. The number of halogens is 2. The van der Waals surface area contributed by atoms with Crippen LogP contribution in [-0.4, -0.2) is 35.6 Å². The summed E-state index contributed by atoms with van der Waals surface area (Å²) >= 11 is 11.8. The number of carbonyl (C=O) groups excluding carboxylic acids is 2. The van der Waals surface area contributed by atoms with Crippen LogP contribution in [0.25, 0.3) is 0 Å². The first-order valence-corrected chi connectivity index (χ1v) is 9.63. The molecule has 136 valence electrons. The van der Waals surface area contributed by atoms with Crippen molar-refractivity contribution in [2.45, 2.75) is 31.7 Å². The van der Waals surface area contributed by atoms with Crippen LogP contribution in [-0.2, 0) is 0 Å². The zero-order chi connectivity index (χ0) is 18.5. The number of rotatable bonds is 6. The maximum atomic E-state index is 13.1. The van der Waals surface area contributed by atoms with E-state index in [1.165, 1.54) is 6.42 Å². The number of hydrogen-bond acceptors (Lipinski definition) is 3. The maximum absolute atomic E-state index is 13.1. The van der Waals surface area contributed by atoms with Gasteiger partial charge in [-0.05, 0) is 74.5 Å². The Labute approximate surface area is 163 Å². The Hall–Kier alpha value is -1.68. The third-order valence-corrected chi connectivity index (χ3v) is 5.31. The molecular weight excluding hydrogens is 369 g/mol. The van der Waals surface area contributed by atoms with Gasteiger partial charge in [-0.15, -0.1) is 0 Å². The summed E-state index contributed by atoms with van der Waals surface area (Å²) in [5.41, 5.74) is 1.18. The van der Waals surface area contributed by atoms with Crippen molar-refractivity contribution < 1.29 is 9.59 Å². The Bertz CT molecular complexity index is 766. The molecule has 3 rings (SSSR count). The van der Waals surface area contributed by atoms with Gasteiger partial charge in [0.1, 0.15) is 0 Å². The van der Waals surface area contributed by atoms with Crippen LogP contribution in [0.15, 0.2) is 48.5 Å². The van der Waals surface area contributed by atoms with Crippen LogP contribution in [0.2, 0.25) is 10.0 Å². The lowest BCUT2D eigenvalue weighted by atomic mass is 9.94. The average Bonchev–Trinajstić information content (AvgIpc) is 2.67. The van der Waals surface area contributed by atoms with Gasteiger partial charge in [0.2, 0.25) is 0 Å². The average molecular weight is 390 g/mol. The van der Waals surface area contributed by atoms with Crippen molar-refractivity contribution in [3.63, 3.8) is 0 Å². The van der Waals surface area contributed by atoms with Crippen LogP contribution in [0, 0.1) is 0 Å². The smallest absolute Gasteiger partial charge is 0.180 e. The molecular formula is C21H21Cl2NO2. The van der Waals surface area contributed by atoms with Gasteiger partial charge in [0.05, 0.1) is 6.04 Å². The van der Waals surface area contributed by atoms with E-state index in [9.17, 15) is 9.59 Å². The highest BCUT2D eigenvalue weighted by molar-refractivity contribution is 6.31. The molecule has 26 heavy (non-hydrogen) atoms. The van der Waals surface area contributed by atoms with Gasteiger partial charge in [-0.25, -0.2) is 0 Å². The van der Waals surface area contributed by atoms with Gasteiger partial charge < -0.3 is 0 Å². The number of benzene rings is 2. The molecule has 0 amide bonds. The van der Waals surface area contributed by atoms with Gasteiger partial charge in [-0.3, -0.25) is 14.5 Å². The van der Waals surface area contributed by atoms with Crippen LogP contribution in [0.1, 0.15) is 46.4 Å². The van der Waals surface area contributed by atoms with Crippen LogP contribution in [0.3, 0.4) is 0 Å². The number of nitrogens with zero attached hydrogens (tertiary/aromatic N) is 1. The highest BCUT2D eigenvalue weighted by Crippen LogP contribution is 2.21. The summed E-state index contributed by atoms with van der Waals surface area (Å²) in [6.45, 7) is 1.69. The zero-order valence-corrected chi connectivity index (χ0v) is 16.0. The lowest BCUT2D eigenvalue weighted by molar-refractivity contribution is 0.0716. The zero-order valence-electron chi connectivity index (χ0n) is 14.5. The Kier molecular flexibility index (Phi) is 6.47. The van der Waals surface area contributed by atoms with Gasteiger partial charge in [0.25, 0.3) is 0 Å². The summed E-state index contributed by atoms with van der Waals surface area (Å²) in [6.07, 6.45) is 3.45. The lowest BCUT2D eigenvalue weighted by Crippen LogP contribution is -2.45. The van der Waals surface area contributed by atoms with Crippen molar-refractivity contribution in [1.29, 1.82) is 0 Å². The highest BCUT2D eigenvalue weighted by atomic mass is 35.5. The van der Waals surface area contributed by atoms with Gasteiger partial charge in [0, 0.05) is 27.6 Å². The molecule has 2 aromatic carbocycles. The van der Waals surface area contributed by atoms with E-state index in [4.69, 9.17) is 23.2 Å². The Morgan fingerprint density at radius 3 is 1.85 bits per heavy atom. The fraction of sp³-hybridized carbons (Fsp3) is 0.333. The second kappa shape index (κ2) is 8.81. The first kappa shape index (κ1) is 19.1. The Morgan fingerprint density at radius 1 is 0.808 bits per heavy atom. The molecule has 0 spiro atoms. The highest BCUT2D eigenvalue weighted by Gasteiger charge is 2.30. The number of piperidine rings is 1. The normalized spacial score (nSPS) is 16.2. The van der Waals surface area contributed by atoms with E-state index in [-0.39, 0.29) is 18.0 Å². The van der Waals surface area contributed by atoms with Crippen LogP contribution in [0.5, 0.6) is 0 Å². The summed E-state index contributed by atoms with van der Waals surface area (Å²) < 4.78 is 0. The van der Waals surface area contributed by atoms with Crippen molar-refractivity contribution in [2.75, 3.05) is 13.1 Å². The molecule has 0 unspecified atom stereocenters. The van der Waals surface area contributed by atoms with Crippen molar-refractivity contribution in [2.24, 2.45) is 0 Å². The van der Waals surface area contributed by atoms with Gasteiger partial charge in [-0.1, -0.05) is 29.6 Å². The first-order chi connectivity index (χ1) is 12.5. The van der Waals surface area contributed by atoms with Crippen LogP contribution in [0.4, 0.5) is 0 Å². The third kappa shape index (κ3) is 4.73. The molecule has 1 heterocycles. The summed E-state index contributed by atoms with van der Waals surface area (Å²) in [7, 11) is 0. The summed E-state index contributed by atoms with van der Waals surface area (Å²) in [5, 5.41) is 1.18. The largest absolute Gasteiger partial charge is 0.294 e. The van der Waals surface area contributed by atoms with Crippen LogP contribution >= 0.6 is 23.2 Å². The molecule has 1 saturated heterocycles. The second-order valence-electron chi connectivity index (χ2n) is 6.62. The number of carbonyl (C=O) groups is 2. The molecule has 0 aromatic heterocycles. The number of hydrogen-bond donors (Lipinski definition) is 0. The molecule has 1 fully saturated rings. The van der Waals surface area contributed by atoms with Gasteiger partial charge >= 0.3 is 0 Å². The Morgan fingerprint density at radius 2 is 1.31 bits per heavy atom. The number of ketones is 2. The molecule has 0 radical (unpaired) electrons. The van der Waals surface area contributed by atoms with Gasteiger partial charge in [0.15, 0.2) is 11.6 Å². The monoisotopic (exact) mass is 389 g/mol. The summed E-state index contributed by atoms with van der Waals surface area (Å²) in [4.78, 5) is 28.0. The first-order valence-electron chi connectivity index (χ1n) is 8.87. The van der Waals surface area contributed by atoms with E-state index in [2.05, 4.69) is 4.90 Å². The minimum atomic E-state index is -0.445. The SMILES string of the molecule is O=C(C[C@@H](C(=O)c1ccc(Cl)cc1)N1CCCCC1)c1ccc(Cl)cc1. The molecule has 0 N–H and O–H groups in total. The minimum Gasteiger partial charge on any atom is -0.294 e. The van der Waals surface area contributed by atoms with E-state index in [0.717, 1.165) is 25.9 Å². The minimum absolute atomic E-state index is 0.0223. The van der Waals surface area contributed by atoms with Crippen molar-refractivity contribution in [3.8, 4) is 0 Å².